The Morgan fingerprint density at radius 1 is 1.27 bits per heavy atom. The molecule has 90 valence electrons. The number of nitrogens with zero attached hydrogens (tertiary/aromatic N) is 2. The second-order valence-corrected chi connectivity index (χ2v) is 4.56. The maximum absolute atomic E-state index is 4.16. The molecule has 0 atom stereocenters. The third kappa shape index (κ3) is 5.62. The third-order valence-electron chi connectivity index (χ3n) is 2.67. The average molecular weight is 214 g/mol. The van der Waals surface area contributed by atoms with Crippen LogP contribution in [-0.2, 0) is 0 Å². The van der Waals surface area contributed by atoms with Gasteiger partial charge in [0.2, 0.25) is 0 Å². The number of aliphatic imine (C=N–C) groups is 1. The Balaban J connectivity index is 4.01. The lowest BCUT2D eigenvalue weighted by Gasteiger charge is -2.33. The Kier molecular flexibility index (Phi) is 6.32. The van der Waals surface area contributed by atoms with Crippen molar-refractivity contribution in [3.05, 3.63) is 0 Å². The van der Waals surface area contributed by atoms with Crippen LogP contribution in [0, 0.1) is 0 Å². The van der Waals surface area contributed by atoms with E-state index in [4.69, 9.17) is 0 Å². The summed E-state index contributed by atoms with van der Waals surface area (Å²) in [4.78, 5) is 6.37. The minimum atomic E-state index is 0.129. The highest BCUT2D eigenvalue weighted by molar-refractivity contribution is 5.79. The first-order valence-electron chi connectivity index (χ1n) is 5.56. The van der Waals surface area contributed by atoms with Gasteiger partial charge in [0.15, 0.2) is 5.96 Å². The van der Waals surface area contributed by atoms with E-state index in [0.29, 0.717) is 0 Å². The van der Waals surface area contributed by atoms with E-state index in [9.17, 15) is 0 Å². The summed E-state index contributed by atoms with van der Waals surface area (Å²) in [5.41, 5.74) is 0.129. The molecule has 0 amide bonds. The smallest absolute Gasteiger partial charge is 0.191 e. The second-order valence-electron chi connectivity index (χ2n) is 4.56. The van der Waals surface area contributed by atoms with Crippen LogP contribution in [0.15, 0.2) is 4.99 Å². The molecule has 4 nitrogen and oxygen atoms in total. The van der Waals surface area contributed by atoms with Crippen molar-refractivity contribution in [3.8, 4) is 0 Å². The van der Waals surface area contributed by atoms with E-state index in [1.165, 1.54) is 0 Å². The van der Waals surface area contributed by atoms with Gasteiger partial charge in [0.05, 0.1) is 0 Å². The predicted molar refractivity (Wildman–Crippen MR) is 67.4 cm³/mol. The summed E-state index contributed by atoms with van der Waals surface area (Å²) in [6.45, 7) is 8.38. The van der Waals surface area contributed by atoms with Crippen LogP contribution in [-0.4, -0.2) is 50.6 Å². The summed E-state index contributed by atoms with van der Waals surface area (Å²) >= 11 is 0. The molecule has 0 aliphatic carbocycles. The van der Waals surface area contributed by atoms with Crippen molar-refractivity contribution in [2.45, 2.75) is 32.7 Å². The first-order valence-corrected chi connectivity index (χ1v) is 5.56. The number of rotatable bonds is 5. The summed E-state index contributed by atoms with van der Waals surface area (Å²) < 4.78 is 0. The van der Waals surface area contributed by atoms with Crippen molar-refractivity contribution < 1.29 is 0 Å². The summed E-state index contributed by atoms with van der Waals surface area (Å²) in [7, 11) is 5.97. The highest BCUT2D eigenvalue weighted by Gasteiger charge is 2.20. The Hall–Kier alpha value is -0.770. The molecular formula is C11H26N4. The first-order chi connectivity index (χ1) is 6.94. The van der Waals surface area contributed by atoms with Crippen molar-refractivity contribution in [1.29, 1.82) is 0 Å². The van der Waals surface area contributed by atoms with Crippen molar-refractivity contribution >= 4 is 5.96 Å². The quantitative estimate of drug-likeness (QED) is 0.528. The molecule has 0 aliphatic rings. The van der Waals surface area contributed by atoms with Crippen LogP contribution in [0.5, 0.6) is 0 Å². The van der Waals surface area contributed by atoms with Crippen LogP contribution >= 0.6 is 0 Å². The molecule has 0 rings (SSSR count). The van der Waals surface area contributed by atoms with Gasteiger partial charge in [-0.25, -0.2) is 0 Å². The molecule has 0 fully saturated rings. The van der Waals surface area contributed by atoms with Crippen LogP contribution in [0.4, 0.5) is 0 Å². The van der Waals surface area contributed by atoms with Gasteiger partial charge in [-0.2, -0.15) is 0 Å². The van der Waals surface area contributed by atoms with Gasteiger partial charge in [-0.15, -0.1) is 0 Å². The zero-order chi connectivity index (χ0) is 11.9. The number of hydrogen-bond donors (Lipinski definition) is 2. The second kappa shape index (κ2) is 6.67. The number of hydrogen-bond acceptors (Lipinski definition) is 2. The lowest BCUT2D eigenvalue weighted by atomic mass is 10.0. The molecule has 0 aromatic carbocycles. The topological polar surface area (TPSA) is 39.7 Å². The van der Waals surface area contributed by atoms with E-state index >= 15 is 0 Å². The summed E-state index contributed by atoms with van der Waals surface area (Å²) in [5.74, 6) is 0.881. The zero-order valence-corrected chi connectivity index (χ0v) is 11.0. The fraction of sp³-hybridized carbons (Fsp3) is 0.909. The fourth-order valence-electron chi connectivity index (χ4n) is 0.922. The zero-order valence-electron chi connectivity index (χ0n) is 11.0. The lowest BCUT2D eigenvalue weighted by Crippen LogP contribution is -2.50. The normalized spacial score (nSPS) is 13.1. The van der Waals surface area contributed by atoms with Crippen molar-refractivity contribution in [2.24, 2.45) is 4.99 Å². The van der Waals surface area contributed by atoms with E-state index in [2.05, 4.69) is 55.4 Å². The molecule has 0 saturated carbocycles. The molecule has 0 aromatic rings. The van der Waals surface area contributed by atoms with Crippen molar-refractivity contribution in [1.82, 2.24) is 15.5 Å². The molecule has 4 heteroatoms. The molecule has 0 aromatic heterocycles. The van der Waals surface area contributed by atoms with Gasteiger partial charge in [-0.1, -0.05) is 6.92 Å². The van der Waals surface area contributed by atoms with Crippen LogP contribution < -0.4 is 10.6 Å². The van der Waals surface area contributed by atoms with Gasteiger partial charge in [-0.3, -0.25) is 4.99 Å². The van der Waals surface area contributed by atoms with Gasteiger partial charge in [-0.05, 0) is 34.4 Å². The van der Waals surface area contributed by atoms with Crippen LogP contribution in [0.25, 0.3) is 0 Å². The Bertz CT molecular complexity index is 197. The number of nitrogens with one attached hydrogen (secondary N) is 2. The summed E-state index contributed by atoms with van der Waals surface area (Å²) in [5, 5.41) is 6.57. The fourth-order valence-corrected chi connectivity index (χ4v) is 0.922. The largest absolute Gasteiger partial charge is 0.356 e. The molecule has 0 radical (unpaired) electrons. The van der Waals surface area contributed by atoms with Crippen molar-refractivity contribution in [3.63, 3.8) is 0 Å². The molecule has 0 bridgehead atoms. The highest BCUT2D eigenvalue weighted by Crippen LogP contribution is 2.07. The minimum Gasteiger partial charge on any atom is -0.356 e. The SMILES string of the molecule is CCCNC(=NC)NCC(C)(C)N(C)C. The van der Waals surface area contributed by atoms with E-state index in [0.717, 1.165) is 25.5 Å². The maximum Gasteiger partial charge on any atom is 0.191 e. The number of guanidine groups is 1. The molecule has 0 spiro atoms. The first kappa shape index (κ1) is 14.2. The third-order valence-corrected chi connectivity index (χ3v) is 2.67. The van der Waals surface area contributed by atoms with Gasteiger partial charge in [0.25, 0.3) is 0 Å². The standard InChI is InChI=1S/C11H26N4/c1-7-8-13-10(12-4)14-9-11(2,3)15(5)6/h7-9H2,1-6H3,(H2,12,13,14). The molecule has 0 aliphatic heterocycles. The number of likely N-dealkylation sites (N-methyl/N-ethyl adjacent to an activating group) is 1. The van der Waals surface area contributed by atoms with Crippen molar-refractivity contribution in [2.75, 3.05) is 34.2 Å². The highest BCUT2D eigenvalue weighted by atomic mass is 15.2. The van der Waals surface area contributed by atoms with E-state index < -0.39 is 0 Å². The lowest BCUT2D eigenvalue weighted by molar-refractivity contribution is 0.197. The maximum atomic E-state index is 4.16. The Morgan fingerprint density at radius 3 is 2.27 bits per heavy atom. The summed E-state index contributed by atoms with van der Waals surface area (Å²) in [6.07, 6.45) is 1.11. The van der Waals surface area contributed by atoms with Crippen LogP contribution in [0.2, 0.25) is 0 Å². The Morgan fingerprint density at radius 2 is 1.87 bits per heavy atom. The monoisotopic (exact) mass is 214 g/mol. The minimum absolute atomic E-state index is 0.129. The van der Waals surface area contributed by atoms with E-state index in [1.54, 1.807) is 7.05 Å². The van der Waals surface area contributed by atoms with Gasteiger partial charge >= 0.3 is 0 Å². The van der Waals surface area contributed by atoms with E-state index in [-0.39, 0.29) is 5.54 Å². The molecule has 0 saturated heterocycles. The molecular weight excluding hydrogens is 188 g/mol. The van der Waals surface area contributed by atoms with E-state index in [1.807, 2.05) is 0 Å². The van der Waals surface area contributed by atoms with Crippen LogP contribution in [0.3, 0.4) is 0 Å². The van der Waals surface area contributed by atoms with Crippen LogP contribution in [0.1, 0.15) is 27.2 Å². The average Bonchev–Trinajstić information content (AvgIpc) is 2.18. The molecule has 0 unspecified atom stereocenters. The van der Waals surface area contributed by atoms with Gasteiger partial charge in [0, 0.05) is 25.7 Å². The van der Waals surface area contributed by atoms with Gasteiger partial charge < -0.3 is 15.5 Å². The Labute approximate surface area is 94.1 Å². The van der Waals surface area contributed by atoms with Gasteiger partial charge in [0.1, 0.15) is 0 Å². The molecule has 0 heterocycles. The summed E-state index contributed by atoms with van der Waals surface area (Å²) in [6, 6.07) is 0. The predicted octanol–water partition coefficient (Wildman–Crippen LogP) is 0.902. The molecule has 2 N–H and O–H groups in total. The molecule has 15 heavy (non-hydrogen) atoms.